The molecule has 0 saturated carbocycles. The lowest BCUT2D eigenvalue weighted by Gasteiger charge is -1.95. The molecule has 1 aromatic heterocycles. The maximum atomic E-state index is 4.00. The predicted octanol–water partition coefficient (Wildman–Crippen LogP) is 2.49. The fraction of sp³-hybridized carbons (Fsp3) is 0.143. The SMILES string of the molecule is Cn1nnc2c(Br)cc(Br)cc21. The second kappa shape index (κ2) is 2.81. The highest BCUT2D eigenvalue weighted by atomic mass is 79.9. The van der Waals surface area contributed by atoms with Crippen LogP contribution in [0, 0.1) is 0 Å². The maximum Gasteiger partial charge on any atom is 0.127 e. The molecule has 0 atom stereocenters. The zero-order valence-electron chi connectivity index (χ0n) is 6.25. The van der Waals surface area contributed by atoms with Crippen LogP contribution in [-0.2, 0) is 7.05 Å². The summed E-state index contributed by atoms with van der Waals surface area (Å²) in [4.78, 5) is 0. The van der Waals surface area contributed by atoms with Crippen LogP contribution < -0.4 is 0 Å². The first kappa shape index (κ1) is 8.19. The summed E-state index contributed by atoms with van der Waals surface area (Å²) in [5.74, 6) is 0. The molecule has 0 spiro atoms. The molecule has 1 heterocycles. The standard InChI is InChI=1S/C7H5Br2N3/c1-12-6-3-4(8)2-5(9)7(6)10-11-12/h2-3H,1H3. The Morgan fingerprint density at radius 1 is 1.33 bits per heavy atom. The molecule has 0 amide bonds. The van der Waals surface area contributed by atoms with Gasteiger partial charge in [0, 0.05) is 16.0 Å². The second-order valence-electron chi connectivity index (χ2n) is 2.47. The molecule has 62 valence electrons. The Morgan fingerprint density at radius 3 is 2.83 bits per heavy atom. The van der Waals surface area contributed by atoms with E-state index >= 15 is 0 Å². The van der Waals surface area contributed by atoms with E-state index in [1.54, 1.807) is 4.68 Å². The Kier molecular flexibility index (Phi) is 1.92. The van der Waals surface area contributed by atoms with Gasteiger partial charge in [0.15, 0.2) is 0 Å². The van der Waals surface area contributed by atoms with Crippen molar-refractivity contribution >= 4 is 42.9 Å². The third-order valence-electron chi connectivity index (χ3n) is 1.64. The molecule has 0 unspecified atom stereocenters. The minimum Gasteiger partial charge on any atom is -0.248 e. The molecular formula is C7H5Br2N3. The van der Waals surface area contributed by atoms with Crippen LogP contribution in [0.2, 0.25) is 0 Å². The lowest BCUT2D eigenvalue weighted by atomic mass is 10.3. The van der Waals surface area contributed by atoms with E-state index in [4.69, 9.17) is 0 Å². The Hall–Kier alpha value is -0.420. The monoisotopic (exact) mass is 289 g/mol. The van der Waals surface area contributed by atoms with E-state index in [-0.39, 0.29) is 0 Å². The molecule has 0 bridgehead atoms. The van der Waals surface area contributed by atoms with Gasteiger partial charge in [-0.05, 0) is 28.1 Å². The maximum absolute atomic E-state index is 4.00. The predicted molar refractivity (Wildman–Crippen MR) is 53.9 cm³/mol. The zero-order valence-corrected chi connectivity index (χ0v) is 9.42. The molecule has 2 aromatic rings. The van der Waals surface area contributed by atoms with Crippen LogP contribution in [0.4, 0.5) is 0 Å². The first-order valence-corrected chi connectivity index (χ1v) is 4.91. The van der Waals surface area contributed by atoms with Crippen LogP contribution in [0.3, 0.4) is 0 Å². The molecule has 1 aromatic carbocycles. The molecule has 0 aliphatic carbocycles. The van der Waals surface area contributed by atoms with Crippen LogP contribution in [0.25, 0.3) is 11.0 Å². The molecule has 0 aliphatic heterocycles. The number of halogens is 2. The van der Waals surface area contributed by atoms with Crippen LogP contribution in [0.1, 0.15) is 0 Å². The second-order valence-corrected chi connectivity index (χ2v) is 4.24. The molecule has 0 N–H and O–H groups in total. The summed E-state index contributed by atoms with van der Waals surface area (Å²) in [5.41, 5.74) is 1.90. The summed E-state index contributed by atoms with van der Waals surface area (Å²) in [6.07, 6.45) is 0. The van der Waals surface area contributed by atoms with Gasteiger partial charge in [-0.1, -0.05) is 21.1 Å². The van der Waals surface area contributed by atoms with Gasteiger partial charge in [-0.25, -0.2) is 4.68 Å². The highest BCUT2D eigenvalue weighted by molar-refractivity contribution is 9.11. The number of rotatable bonds is 0. The molecule has 0 aliphatic rings. The number of aryl methyl sites for hydroxylation is 1. The van der Waals surface area contributed by atoms with E-state index in [9.17, 15) is 0 Å². The molecule has 0 fully saturated rings. The van der Waals surface area contributed by atoms with E-state index in [0.29, 0.717) is 0 Å². The van der Waals surface area contributed by atoms with Crippen molar-refractivity contribution in [1.82, 2.24) is 15.0 Å². The Balaban J connectivity index is 2.92. The minimum absolute atomic E-state index is 0.890. The summed E-state index contributed by atoms with van der Waals surface area (Å²) in [5, 5.41) is 7.92. The van der Waals surface area contributed by atoms with Crippen molar-refractivity contribution in [1.29, 1.82) is 0 Å². The van der Waals surface area contributed by atoms with Gasteiger partial charge in [-0.15, -0.1) is 5.10 Å². The van der Waals surface area contributed by atoms with Crippen molar-refractivity contribution in [3.05, 3.63) is 21.1 Å². The van der Waals surface area contributed by atoms with Crippen molar-refractivity contribution in [3.8, 4) is 0 Å². The van der Waals surface area contributed by atoms with E-state index in [1.807, 2.05) is 19.2 Å². The van der Waals surface area contributed by atoms with Crippen molar-refractivity contribution < 1.29 is 0 Å². The number of hydrogen-bond acceptors (Lipinski definition) is 2. The molecule has 12 heavy (non-hydrogen) atoms. The number of benzene rings is 1. The summed E-state index contributed by atoms with van der Waals surface area (Å²) in [6.45, 7) is 0. The molecule has 5 heteroatoms. The smallest absolute Gasteiger partial charge is 0.127 e. The number of aromatic nitrogens is 3. The van der Waals surface area contributed by atoms with Gasteiger partial charge in [-0.3, -0.25) is 0 Å². The molecule has 3 nitrogen and oxygen atoms in total. The van der Waals surface area contributed by atoms with E-state index in [2.05, 4.69) is 42.2 Å². The summed E-state index contributed by atoms with van der Waals surface area (Å²) in [6, 6.07) is 3.94. The Bertz CT molecular complexity index is 435. The lowest BCUT2D eigenvalue weighted by molar-refractivity contribution is 0.736. The van der Waals surface area contributed by atoms with Gasteiger partial charge in [0.25, 0.3) is 0 Å². The quantitative estimate of drug-likeness (QED) is 0.746. The van der Waals surface area contributed by atoms with Gasteiger partial charge in [-0.2, -0.15) is 0 Å². The molecule has 0 saturated heterocycles. The molecule has 2 rings (SSSR count). The van der Waals surface area contributed by atoms with E-state index in [1.165, 1.54) is 0 Å². The van der Waals surface area contributed by atoms with Crippen LogP contribution in [0.15, 0.2) is 21.1 Å². The van der Waals surface area contributed by atoms with Gasteiger partial charge in [0.1, 0.15) is 5.52 Å². The van der Waals surface area contributed by atoms with Crippen molar-refractivity contribution in [2.45, 2.75) is 0 Å². The topological polar surface area (TPSA) is 30.7 Å². The largest absolute Gasteiger partial charge is 0.248 e. The van der Waals surface area contributed by atoms with E-state index in [0.717, 1.165) is 20.0 Å². The first-order chi connectivity index (χ1) is 5.68. The van der Waals surface area contributed by atoms with Crippen molar-refractivity contribution in [2.24, 2.45) is 7.05 Å². The van der Waals surface area contributed by atoms with Gasteiger partial charge < -0.3 is 0 Å². The minimum atomic E-state index is 0.890. The summed E-state index contributed by atoms with van der Waals surface area (Å²) >= 11 is 6.82. The van der Waals surface area contributed by atoms with E-state index < -0.39 is 0 Å². The van der Waals surface area contributed by atoms with Gasteiger partial charge >= 0.3 is 0 Å². The summed E-state index contributed by atoms with van der Waals surface area (Å²) < 4.78 is 3.72. The van der Waals surface area contributed by atoms with Crippen molar-refractivity contribution in [2.75, 3.05) is 0 Å². The van der Waals surface area contributed by atoms with Crippen LogP contribution in [0.5, 0.6) is 0 Å². The average molecular weight is 291 g/mol. The third-order valence-corrected chi connectivity index (χ3v) is 2.70. The fourth-order valence-electron chi connectivity index (χ4n) is 1.06. The van der Waals surface area contributed by atoms with Crippen LogP contribution >= 0.6 is 31.9 Å². The van der Waals surface area contributed by atoms with Crippen molar-refractivity contribution in [3.63, 3.8) is 0 Å². The number of hydrogen-bond donors (Lipinski definition) is 0. The highest BCUT2D eigenvalue weighted by Crippen LogP contribution is 2.25. The molecule has 0 radical (unpaired) electrons. The lowest BCUT2D eigenvalue weighted by Crippen LogP contribution is -1.88. The van der Waals surface area contributed by atoms with Gasteiger partial charge in [0.2, 0.25) is 0 Å². The highest BCUT2D eigenvalue weighted by Gasteiger charge is 2.05. The van der Waals surface area contributed by atoms with Gasteiger partial charge in [0.05, 0.1) is 5.52 Å². The summed E-state index contributed by atoms with van der Waals surface area (Å²) in [7, 11) is 1.87. The normalized spacial score (nSPS) is 10.9. The first-order valence-electron chi connectivity index (χ1n) is 3.33. The average Bonchev–Trinajstić information content (AvgIpc) is 2.33. The molecular weight excluding hydrogens is 286 g/mol. The third kappa shape index (κ3) is 1.17. The number of nitrogens with zero attached hydrogens (tertiary/aromatic N) is 3. The fourth-order valence-corrected chi connectivity index (χ4v) is 2.34. The Labute approximate surface area is 86.0 Å². The van der Waals surface area contributed by atoms with Crippen LogP contribution in [-0.4, -0.2) is 15.0 Å². The zero-order chi connectivity index (χ0) is 8.72. The Morgan fingerprint density at radius 2 is 2.08 bits per heavy atom. The number of fused-ring (bicyclic) bond motifs is 1.